The number of halogens is 1. The Kier molecular flexibility index (Phi) is 6.78. The van der Waals surface area contributed by atoms with Crippen LogP contribution < -0.4 is 0 Å². The predicted octanol–water partition coefficient (Wildman–Crippen LogP) is 3.63. The molecule has 128 valence electrons. The summed E-state index contributed by atoms with van der Waals surface area (Å²) in [6, 6.07) is 4.21. The summed E-state index contributed by atoms with van der Waals surface area (Å²) in [5, 5.41) is 10.9. The van der Waals surface area contributed by atoms with Crippen LogP contribution in [0.2, 0.25) is 5.02 Å². The minimum atomic E-state index is -0.543. The molecule has 1 amide bonds. The van der Waals surface area contributed by atoms with E-state index in [1.54, 1.807) is 33.9 Å². The highest BCUT2D eigenvalue weighted by Gasteiger charge is 2.19. The average molecular weight is 345 g/mol. The van der Waals surface area contributed by atoms with Gasteiger partial charge in [-0.1, -0.05) is 11.6 Å². The molecule has 0 radical (unpaired) electrons. The van der Waals surface area contributed by atoms with Gasteiger partial charge in [0.05, 0.1) is 23.2 Å². The number of hydrogen-bond donors (Lipinski definition) is 0. The van der Waals surface area contributed by atoms with E-state index >= 15 is 0 Å². The van der Waals surface area contributed by atoms with E-state index in [4.69, 9.17) is 21.1 Å². The number of carbonyl (C=O) groups is 1. The van der Waals surface area contributed by atoms with E-state index in [-0.39, 0.29) is 17.3 Å². The molecule has 0 N–H and O–H groups in total. The van der Waals surface area contributed by atoms with Gasteiger partial charge in [0.1, 0.15) is 5.60 Å². The number of ether oxygens (including phenoxy) is 2. The van der Waals surface area contributed by atoms with Crippen LogP contribution in [-0.2, 0) is 16.1 Å². The Morgan fingerprint density at radius 3 is 2.57 bits per heavy atom. The quantitative estimate of drug-likeness (QED) is 0.447. The van der Waals surface area contributed by atoms with Gasteiger partial charge in [-0.15, -0.1) is 0 Å². The molecule has 0 saturated carbocycles. The number of likely N-dealkylation sites (N-methyl/N-ethyl adjacent to an activating group) is 1. The summed E-state index contributed by atoms with van der Waals surface area (Å²) in [5.41, 5.74) is 0.0407. The lowest BCUT2D eigenvalue weighted by molar-refractivity contribution is -0.384. The van der Waals surface area contributed by atoms with Crippen molar-refractivity contribution in [3.8, 4) is 0 Å². The van der Waals surface area contributed by atoms with Gasteiger partial charge in [-0.25, -0.2) is 4.79 Å². The molecule has 0 atom stereocenters. The number of non-ortho nitro benzene ring substituents is 1. The minimum absolute atomic E-state index is 0.0663. The van der Waals surface area contributed by atoms with E-state index in [2.05, 4.69) is 0 Å². The van der Waals surface area contributed by atoms with E-state index in [1.165, 1.54) is 17.0 Å². The summed E-state index contributed by atoms with van der Waals surface area (Å²) in [6.07, 6.45) is -0.422. The van der Waals surface area contributed by atoms with Crippen molar-refractivity contribution in [2.75, 3.05) is 20.2 Å². The number of nitro benzene ring substituents is 1. The van der Waals surface area contributed by atoms with Gasteiger partial charge in [0.2, 0.25) is 0 Å². The van der Waals surface area contributed by atoms with Gasteiger partial charge in [-0.2, -0.15) is 0 Å². The Balaban J connectivity index is 2.40. The van der Waals surface area contributed by atoms with Gasteiger partial charge < -0.3 is 14.4 Å². The zero-order chi connectivity index (χ0) is 17.6. The topological polar surface area (TPSA) is 81.9 Å². The third kappa shape index (κ3) is 6.83. The number of rotatable bonds is 6. The molecule has 0 unspecified atom stereocenters. The number of amides is 1. The van der Waals surface area contributed by atoms with Crippen molar-refractivity contribution in [2.45, 2.75) is 33.0 Å². The van der Waals surface area contributed by atoms with Gasteiger partial charge in [-0.05, 0) is 32.4 Å². The smallest absolute Gasteiger partial charge is 0.410 e. The van der Waals surface area contributed by atoms with E-state index in [0.717, 1.165) is 0 Å². The van der Waals surface area contributed by atoms with Crippen molar-refractivity contribution >= 4 is 23.4 Å². The first-order valence-corrected chi connectivity index (χ1v) is 7.42. The molecule has 0 fully saturated rings. The van der Waals surface area contributed by atoms with E-state index in [9.17, 15) is 14.9 Å². The van der Waals surface area contributed by atoms with E-state index in [1.807, 2.05) is 0 Å². The first-order chi connectivity index (χ1) is 10.6. The van der Waals surface area contributed by atoms with Gasteiger partial charge in [-0.3, -0.25) is 10.1 Å². The summed E-state index contributed by atoms with van der Waals surface area (Å²) in [7, 11) is 1.62. The first kappa shape index (κ1) is 19.2. The van der Waals surface area contributed by atoms with Crippen LogP contribution in [0.5, 0.6) is 0 Å². The van der Waals surface area contributed by atoms with Crippen LogP contribution in [0, 0.1) is 10.1 Å². The van der Waals surface area contributed by atoms with Crippen molar-refractivity contribution in [1.82, 2.24) is 4.90 Å². The fourth-order valence-corrected chi connectivity index (χ4v) is 1.81. The van der Waals surface area contributed by atoms with Crippen LogP contribution in [0.3, 0.4) is 0 Å². The van der Waals surface area contributed by atoms with Gasteiger partial charge in [0.15, 0.2) is 0 Å². The standard InChI is InChI=1S/C15H21ClN2O5/c1-15(2,3)23-14(19)17(4)7-8-22-10-11-5-6-12(18(20)21)9-13(11)16/h5-6,9H,7-8,10H2,1-4H3. The Bertz CT molecular complexity index is 571. The summed E-state index contributed by atoms with van der Waals surface area (Å²) < 4.78 is 10.7. The van der Waals surface area contributed by atoms with E-state index < -0.39 is 16.6 Å². The van der Waals surface area contributed by atoms with Crippen LogP contribution >= 0.6 is 11.6 Å². The fourth-order valence-electron chi connectivity index (χ4n) is 1.58. The number of carbonyl (C=O) groups excluding carboxylic acids is 1. The molecule has 0 aliphatic heterocycles. The SMILES string of the molecule is CN(CCOCc1ccc([N+](=O)[O-])cc1Cl)C(=O)OC(C)(C)C. The van der Waals surface area contributed by atoms with Crippen molar-refractivity contribution in [3.05, 3.63) is 38.9 Å². The van der Waals surface area contributed by atoms with Crippen molar-refractivity contribution in [3.63, 3.8) is 0 Å². The summed E-state index contributed by atoms with van der Waals surface area (Å²) in [5.74, 6) is 0. The van der Waals surface area contributed by atoms with Crippen molar-refractivity contribution in [2.24, 2.45) is 0 Å². The maximum absolute atomic E-state index is 11.7. The Labute approximate surface area is 140 Å². The molecule has 1 rings (SSSR count). The zero-order valence-electron chi connectivity index (χ0n) is 13.7. The normalized spacial score (nSPS) is 11.2. The Hall–Kier alpha value is -1.86. The lowest BCUT2D eigenvalue weighted by Crippen LogP contribution is -2.36. The third-order valence-electron chi connectivity index (χ3n) is 2.78. The highest BCUT2D eigenvalue weighted by atomic mass is 35.5. The fraction of sp³-hybridized carbons (Fsp3) is 0.533. The summed E-state index contributed by atoms with van der Waals surface area (Å²) in [6.45, 7) is 6.26. The highest BCUT2D eigenvalue weighted by molar-refractivity contribution is 6.31. The molecule has 0 bridgehead atoms. The third-order valence-corrected chi connectivity index (χ3v) is 3.13. The van der Waals surface area contributed by atoms with Crippen LogP contribution in [0.15, 0.2) is 18.2 Å². The van der Waals surface area contributed by atoms with Crippen LogP contribution in [0.4, 0.5) is 10.5 Å². The lowest BCUT2D eigenvalue weighted by Gasteiger charge is -2.24. The molecule has 23 heavy (non-hydrogen) atoms. The summed E-state index contributed by atoms with van der Waals surface area (Å²) in [4.78, 5) is 23.3. The maximum atomic E-state index is 11.7. The molecule has 0 saturated heterocycles. The number of hydrogen-bond acceptors (Lipinski definition) is 5. The molecule has 7 nitrogen and oxygen atoms in total. The zero-order valence-corrected chi connectivity index (χ0v) is 14.4. The molecule has 1 aromatic rings. The molecular formula is C15H21ClN2O5. The monoisotopic (exact) mass is 344 g/mol. The summed E-state index contributed by atoms with van der Waals surface area (Å²) >= 11 is 5.97. The Morgan fingerprint density at radius 2 is 2.04 bits per heavy atom. The molecule has 0 spiro atoms. The largest absolute Gasteiger partial charge is 0.444 e. The van der Waals surface area contributed by atoms with Gasteiger partial charge in [0, 0.05) is 25.7 Å². The minimum Gasteiger partial charge on any atom is -0.444 e. The maximum Gasteiger partial charge on any atom is 0.410 e. The predicted molar refractivity (Wildman–Crippen MR) is 86.6 cm³/mol. The molecule has 8 heteroatoms. The van der Waals surface area contributed by atoms with E-state index in [0.29, 0.717) is 18.7 Å². The van der Waals surface area contributed by atoms with Crippen LogP contribution in [0.25, 0.3) is 0 Å². The second kappa shape index (κ2) is 8.12. The number of nitro groups is 1. The highest BCUT2D eigenvalue weighted by Crippen LogP contribution is 2.23. The molecule has 0 aromatic heterocycles. The van der Waals surface area contributed by atoms with Crippen molar-refractivity contribution < 1.29 is 19.2 Å². The lowest BCUT2D eigenvalue weighted by atomic mass is 10.2. The Morgan fingerprint density at radius 1 is 1.39 bits per heavy atom. The van der Waals surface area contributed by atoms with Gasteiger partial charge in [0.25, 0.3) is 5.69 Å². The molecule has 0 aliphatic carbocycles. The second-order valence-corrected chi connectivity index (χ2v) is 6.39. The van der Waals surface area contributed by atoms with Gasteiger partial charge >= 0.3 is 6.09 Å². The van der Waals surface area contributed by atoms with Crippen molar-refractivity contribution in [1.29, 1.82) is 0 Å². The molecular weight excluding hydrogens is 324 g/mol. The average Bonchev–Trinajstić information content (AvgIpc) is 2.42. The number of benzene rings is 1. The first-order valence-electron chi connectivity index (χ1n) is 7.05. The van der Waals surface area contributed by atoms with Crippen LogP contribution in [0.1, 0.15) is 26.3 Å². The van der Waals surface area contributed by atoms with Crippen LogP contribution in [-0.4, -0.2) is 41.7 Å². The molecule has 0 heterocycles. The number of nitrogens with zero attached hydrogens (tertiary/aromatic N) is 2. The molecule has 0 aliphatic rings. The second-order valence-electron chi connectivity index (χ2n) is 5.99. The molecule has 1 aromatic carbocycles.